The van der Waals surface area contributed by atoms with Crippen molar-refractivity contribution in [3.05, 3.63) is 0 Å². The molecule has 2 unspecified atom stereocenters. The number of carboxylic acids is 1. The minimum Gasteiger partial charge on any atom is -0.481 e. The molecule has 1 fully saturated rings. The van der Waals surface area contributed by atoms with Gasteiger partial charge in [-0.15, -0.1) is 0 Å². The van der Waals surface area contributed by atoms with Gasteiger partial charge < -0.3 is 9.84 Å². The zero-order chi connectivity index (χ0) is 13.8. The van der Waals surface area contributed by atoms with Crippen LogP contribution in [-0.2, 0) is 24.3 Å². The van der Waals surface area contributed by atoms with Gasteiger partial charge >= 0.3 is 11.9 Å². The molecule has 0 bridgehead atoms. The van der Waals surface area contributed by atoms with Crippen LogP contribution in [0.2, 0.25) is 0 Å². The summed E-state index contributed by atoms with van der Waals surface area (Å²) in [5.41, 5.74) is 0. The van der Waals surface area contributed by atoms with E-state index in [1.807, 2.05) is 0 Å². The number of aliphatic carboxylic acids is 1. The van der Waals surface area contributed by atoms with Gasteiger partial charge in [0.15, 0.2) is 0 Å². The smallest absolute Gasteiger partial charge is 0.307 e. The van der Waals surface area contributed by atoms with Crippen LogP contribution in [0.25, 0.3) is 0 Å². The van der Waals surface area contributed by atoms with Crippen LogP contribution in [0.4, 0.5) is 0 Å². The molecule has 0 amide bonds. The second-order valence-electron chi connectivity index (χ2n) is 4.18. The van der Waals surface area contributed by atoms with Gasteiger partial charge in [-0.25, -0.2) is 13.1 Å². The van der Waals surface area contributed by atoms with E-state index in [2.05, 4.69) is 9.46 Å². The average Bonchev–Trinajstić information content (AvgIpc) is 2.78. The molecule has 0 radical (unpaired) electrons. The number of sulfonamides is 1. The van der Waals surface area contributed by atoms with Gasteiger partial charge in [0, 0.05) is 6.54 Å². The maximum atomic E-state index is 11.9. The minimum atomic E-state index is -3.70. The van der Waals surface area contributed by atoms with Crippen LogP contribution in [-0.4, -0.2) is 44.4 Å². The third-order valence-corrected chi connectivity index (χ3v) is 5.00. The van der Waals surface area contributed by atoms with Gasteiger partial charge in [0.1, 0.15) is 0 Å². The topological polar surface area (TPSA) is 110 Å². The fourth-order valence-electron chi connectivity index (χ4n) is 2.08. The van der Waals surface area contributed by atoms with Gasteiger partial charge in [-0.1, -0.05) is 6.42 Å². The van der Waals surface area contributed by atoms with Crippen molar-refractivity contribution in [2.24, 2.45) is 5.92 Å². The second kappa shape index (κ2) is 6.14. The first kappa shape index (κ1) is 14.9. The molecule has 0 aromatic rings. The molecule has 0 spiro atoms. The lowest BCUT2D eigenvalue weighted by Crippen LogP contribution is -2.39. The van der Waals surface area contributed by atoms with Gasteiger partial charge in [0.25, 0.3) is 0 Å². The summed E-state index contributed by atoms with van der Waals surface area (Å²) in [6.45, 7) is -0.0716. The summed E-state index contributed by atoms with van der Waals surface area (Å²) in [5.74, 6) is -2.46. The fourth-order valence-corrected chi connectivity index (χ4v) is 3.85. The average molecular weight is 279 g/mol. The van der Waals surface area contributed by atoms with Crippen LogP contribution >= 0.6 is 0 Å². The van der Waals surface area contributed by atoms with Gasteiger partial charge in [0.05, 0.1) is 24.7 Å². The summed E-state index contributed by atoms with van der Waals surface area (Å²) in [7, 11) is -2.48. The molecule has 0 aromatic carbocycles. The van der Waals surface area contributed by atoms with E-state index in [1.165, 1.54) is 7.11 Å². The number of esters is 1. The van der Waals surface area contributed by atoms with Crippen LogP contribution in [0.3, 0.4) is 0 Å². The van der Waals surface area contributed by atoms with Crippen molar-refractivity contribution < 1.29 is 27.9 Å². The molecule has 1 aliphatic carbocycles. The molecule has 104 valence electrons. The Balaban J connectivity index is 2.58. The number of rotatable bonds is 6. The number of ether oxygens (including phenoxy) is 1. The van der Waals surface area contributed by atoms with Crippen molar-refractivity contribution >= 4 is 22.0 Å². The quantitative estimate of drug-likeness (QED) is 0.647. The van der Waals surface area contributed by atoms with Crippen LogP contribution in [0.5, 0.6) is 0 Å². The lowest BCUT2D eigenvalue weighted by Gasteiger charge is -2.16. The summed E-state index contributed by atoms with van der Waals surface area (Å²) in [4.78, 5) is 21.8. The van der Waals surface area contributed by atoms with E-state index in [0.29, 0.717) is 19.3 Å². The number of carbonyl (C=O) groups excluding carboxylic acids is 1. The first-order chi connectivity index (χ1) is 8.38. The number of methoxy groups -OCH3 is 1. The lowest BCUT2D eigenvalue weighted by molar-refractivity contribution is -0.142. The largest absolute Gasteiger partial charge is 0.481 e. The van der Waals surface area contributed by atoms with E-state index in [9.17, 15) is 18.0 Å². The molecule has 18 heavy (non-hydrogen) atoms. The maximum absolute atomic E-state index is 11.9. The molecule has 0 aromatic heterocycles. The zero-order valence-electron chi connectivity index (χ0n) is 10.1. The Morgan fingerprint density at radius 3 is 2.61 bits per heavy atom. The standard InChI is InChI=1S/C10H17NO6S/c1-17-9(12)5-6-11-18(15,16)8-4-2-3-7(8)10(13)14/h7-8,11H,2-6H2,1H3,(H,13,14). The molecular formula is C10H17NO6S. The Morgan fingerprint density at radius 1 is 1.39 bits per heavy atom. The Morgan fingerprint density at radius 2 is 2.06 bits per heavy atom. The molecule has 1 aliphatic rings. The van der Waals surface area contributed by atoms with Crippen molar-refractivity contribution in [1.29, 1.82) is 0 Å². The number of hydrogen-bond donors (Lipinski definition) is 2. The van der Waals surface area contributed by atoms with Crippen LogP contribution in [0.1, 0.15) is 25.7 Å². The number of hydrogen-bond acceptors (Lipinski definition) is 5. The third kappa shape index (κ3) is 3.67. The number of carboxylic acid groups (broad SMARTS) is 1. The molecule has 7 nitrogen and oxygen atoms in total. The van der Waals surface area contributed by atoms with Crippen molar-refractivity contribution in [3.63, 3.8) is 0 Å². The Hall–Kier alpha value is -1.15. The van der Waals surface area contributed by atoms with Gasteiger partial charge in [-0.3, -0.25) is 9.59 Å². The van der Waals surface area contributed by atoms with Gasteiger partial charge in [0.2, 0.25) is 10.0 Å². The third-order valence-electron chi connectivity index (χ3n) is 3.03. The first-order valence-corrected chi connectivity index (χ1v) is 7.21. The molecule has 1 rings (SSSR count). The molecule has 0 aliphatic heterocycles. The minimum absolute atomic E-state index is 0.0693. The molecule has 0 saturated heterocycles. The monoisotopic (exact) mass is 279 g/mol. The van der Waals surface area contributed by atoms with Crippen LogP contribution < -0.4 is 4.72 Å². The normalized spacial score (nSPS) is 23.8. The number of nitrogens with one attached hydrogen (secondary N) is 1. The Kier molecular flexibility index (Phi) is 5.09. The lowest BCUT2D eigenvalue weighted by atomic mass is 10.1. The summed E-state index contributed by atoms with van der Waals surface area (Å²) in [6.07, 6.45) is 1.22. The van der Waals surface area contributed by atoms with Crippen molar-refractivity contribution in [1.82, 2.24) is 4.72 Å². The first-order valence-electron chi connectivity index (χ1n) is 5.66. The Bertz CT molecular complexity index is 418. The highest BCUT2D eigenvalue weighted by molar-refractivity contribution is 7.90. The molecule has 8 heteroatoms. The van der Waals surface area contributed by atoms with E-state index in [-0.39, 0.29) is 13.0 Å². The molecular weight excluding hydrogens is 262 g/mol. The van der Waals surface area contributed by atoms with E-state index < -0.39 is 33.1 Å². The van der Waals surface area contributed by atoms with E-state index >= 15 is 0 Å². The summed E-state index contributed by atoms with van der Waals surface area (Å²) < 4.78 is 30.4. The highest BCUT2D eigenvalue weighted by atomic mass is 32.2. The van der Waals surface area contributed by atoms with Crippen molar-refractivity contribution in [2.45, 2.75) is 30.9 Å². The number of carbonyl (C=O) groups is 2. The van der Waals surface area contributed by atoms with E-state index in [4.69, 9.17) is 5.11 Å². The predicted molar refractivity (Wildman–Crippen MR) is 62.3 cm³/mol. The highest BCUT2D eigenvalue weighted by Gasteiger charge is 2.41. The van der Waals surface area contributed by atoms with Crippen molar-refractivity contribution in [3.8, 4) is 0 Å². The van der Waals surface area contributed by atoms with Crippen LogP contribution in [0, 0.1) is 5.92 Å². The summed E-state index contributed by atoms with van der Waals surface area (Å²) >= 11 is 0. The molecule has 1 saturated carbocycles. The fraction of sp³-hybridized carbons (Fsp3) is 0.800. The maximum Gasteiger partial charge on any atom is 0.307 e. The summed E-state index contributed by atoms with van der Waals surface area (Å²) in [5, 5.41) is 8.02. The highest BCUT2D eigenvalue weighted by Crippen LogP contribution is 2.30. The van der Waals surface area contributed by atoms with Crippen LogP contribution in [0.15, 0.2) is 0 Å². The van der Waals surface area contributed by atoms with E-state index in [1.54, 1.807) is 0 Å². The van der Waals surface area contributed by atoms with Gasteiger partial charge in [-0.2, -0.15) is 0 Å². The SMILES string of the molecule is COC(=O)CCNS(=O)(=O)C1CCCC1C(=O)O. The summed E-state index contributed by atoms with van der Waals surface area (Å²) in [6, 6.07) is 0. The van der Waals surface area contributed by atoms with Gasteiger partial charge in [-0.05, 0) is 12.8 Å². The zero-order valence-corrected chi connectivity index (χ0v) is 10.9. The molecule has 2 atom stereocenters. The molecule has 2 N–H and O–H groups in total. The van der Waals surface area contributed by atoms with E-state index in [0.717, 1.165) is 0 Å². The van der Waals surface area contributed by atoms with Crippen molar-refractivity contribution in [2.75, 3.05) is 13.7 Å². The molecule has 0 heterocycles. The predicted octanol–water partition coefficient (Wildman–Crippen LogP) is -0.278. The Labute approximate surface area is 106 Å². The second-order valence-corrected chi connectivity index (χ2v) is 6.16.